The molecule has 0 bridgehead atoms. The molecule has 0 radical (unpaired) electrons. The molecule has 1 aliphatic rings. The van der Waals surface area contributed by atoms with Crippen molar-refractivity contribution < 1.29 is 14.0 Å². The molecule has 0 spiro atoms. The van der Waals surface area contributed by atoms with Crippen LogP contribution >= 0.6 is 0 Å². The highest BCUT2D eigenvalue weighted by molar-refractivity contribution is 6.04. The van der Waals surface area contributed by atoms with E-state index in [1.165, 1.54) is 12.1 Å². The molecular formula is C17H19FN4O2. The number of halogens is 1. The largest absolute Gasteiger partial charge is 0.382 e. The molecule has 6 nitrogen and oxygen atoms in total. The molecule has 0 saturated heterocycles. The van der Waals surface area contributed by atoms with E-state index in [-0.39, 0.29) is 11.7 Å². The van der Waals surface area contributed by atoms with Gasteiger partial charge in [-0.2, -0.15) is 5.10 Å². The number of aromatic nitrogens is 2. The highest BCUT2D eigenvalue weighted by Crippen LogP contribution is 2.19. The molecule has 1 aromatic heterocycles. The van der Waals surface area contributed by atoms with Gasteiger partial charge in [0.2, 0.25) is 6.10 Å². The maximum absolute atomic E-state index is 13.0. The van der Waals surface area contributed by atoms with Crippen molar-refractivity contribution in [1.82, 2.24) is 14.7 Å². The lowest BCUT2D eigenvalue weighted by atomic mass is 10.0. The Bertz CT molecular complexity index is 754. The Morgan fingerprint density at radius 3 is 2.79 bits per heavy atom. The second-order valence-corrected chi connectivity index (χ2v) is 5.70. The third-order valence-corrected chi connectivity index (χ3v) is 3.92. The summed E-state index contributed by atoms with van der Waals surface area (Å²) in [7, 11) is 1.71. The minimum Gasteiger partial charge on any atom is -0.382 e. The van der Waals surface area contributed by atoms with Crippen LogP contribution in [0.3, 0.4) is 0 Å². The van der Waals surface area contributed by atoms with Crippen molar-refractivity contribution in [3.05, 3.63) is 53.6 Å². The molecule has 1 unspecified atom stereocenters. The average molecular weight is 330 g/mol. The third-order valence-electron chi connectivity index (χ3n) is 3.92. The Balaban J connectivity index is 1.59. The number of amides is 1. The van der Waals surface area contributed by atoms with Crippen molar-refractivity contribution in [2.24, 2.45) is 5.16 Å². The molecule has 7 heteroatoms. The Hall–Kier alpha value is -2.70. The van der Waals surface area contributed by atoms with Gasteiger partial charge in [-0.05, 0) is 30.7 Å². The first-order valence-electron chi connectivity index (χ1n) is 7.82. The van der Waals surface area contributed by atoms with E-state index in [2.05, 4.69) is 10.3 Å². The number of nitrogens with zero attached hydrogens (tertiary/aromatic N) is 4. The zero-order valence-corrected chi connectivity index (χ0v) is 13.6. The molecule has 0 N–H and O–H groups in total. The number of rotatable bonds is 5. The van der Waals surface area contributed by atoms with E-state index in [1.807, 2.05) is 23.9 Å². The SMILES string of the molecule is CCn1ccc(CN(C)C(=O)C2CC(c3ccc(F)cc3)=NO2)n1. The fourth-order valence-electron chi connectivity index (χ4n) is 2.55. The number of likely N-dealkylation sites (N-methyl/N-ethyl adjacent to an activating group) is 1. The summed E-state index contributed by atoms with van der Waals surface area (Å²) in [5, 5.41) is 8.34. The number of oxime groups is 1. The van der Waals surface area contributed by atoms with Crippen LogP contribution in [0.25, 0.3) is 0 Å². The number of carbonyl (C=O) groups excluding carboxylic acids is 1. The van der Waals surface area contributed by atoms with Crippen molar-refractivity contribution in [3.63, 3.8) is 0 Å². The summed E-state index contributed by atoms with van der Waals surface area (Å²) in [5.74, 6) is -0.459. The van der Waals surface area contributed by atoms with Crippen molar-refractivity contribution >= 4 is 11.6 Å². The first-order chi connectivity index (χ1) is 11.6. The van der Waals surface area contributed by atoms with Crippen LogP contribution in [0.2, 0.25) is 0 Å². The van der Waals surface area contributed by atoms with Gasteiger partial charge in [-0.3, -0.25) is 9.48 Å². The number of hydrogen-bond acceptors (Lipinski definition) is 4. The highest BCUT2D eigenvalue weighted by Gasteiger charge is 2.31. The lowest BCUT2D eigenvalue weighted by Gasteiger charge is -2.18. The van der Waals surface area contributed by atoms with Crippen molar-refractivity contribution in [3.8, 4) is 0 Å². The molecule has 1 amide bonds. The van der Waals surface area contributed by atoms with Crippen LogP contribution in [0.1, 0.15) is 24.6 Å². The fraction of sp³-hybridized carbons (Fsp3) is 0.353. The Kier molecular flexibility index (Phi) is 4.59. The van der Waals surface area contributed by atoms with Crippen molar-refractivity contribution in [2.75, 3.05) is 7.05 Å². The van der Waals surface area contributed by atoms with E-state index >= 15 is 0 Å². The average Bonchev–Trinajstić information content (AvgIpc) is 3.24. The number of benzene rings is 1. The van der Waals surface area contributed by atoms with Gasteiger partial charge >= 0.3 is 0 Å². The Morgan fingerprint density at radius 2 is 2.12 bits per heavy atom. The minimum atomic E-state index is -0.650. The molecular weight excluding hydrogens is 311 g/mol. The van der Waals surface area contributed by atoms with E-state index in [9.17, 15) is 9.18 Å². The maximum atomic E-state index is 13.0. The standard InChI is InChI=1S/C17H19FN4O2/c1-3-22-9-8-14(19-22)11-21(2)17(23)16-10-15(20-24-16)12-4-6-13(18)7-5-12/h4-9,16H,3,10-11H2,1-2H3. The van der Waals surface area contributed by atoms with E-state index < -0.39 is 6.10 Å². The predicted molar refractivity (Wildman–Crippen MR) is 86.8 cm³/mol. The second-order valence-electron chi connectivity index (χ2n) is 5.70. The second kappa shape index (κ2) is 6.82. The van der Waals surface area contributed by atoms with Gasteiger partial charge in [0.1, 0.15) is 5.82 Å². The summed E-state index contributed by atoms with van der Waals surface area (Å²) in [4.78, 5) is 19.3. The van der Waals surface area contributed by atoms with Crippen molar-refractivity contribution in [1.29, 1.82) is 0 Å². The summed E-state index contributed by atoms with van der Waals surface area (Å²) in [6, 6.07) is 7.88. The Labute approximate surface area is 139 Å². The molecule has 0 fully saturated rings. The quantitative estimate of drug-likeness (QED) is 0.844. The topological polar surface area (TPSA) is 59.7 Å². The van der Waals surface area contributed by atoms with E-state index in [0.29, 0.717) is 18.7 Å². The lowest BCUT2D eigenvalue weighted by molar-refractivity contribution is -0.141. The smallest absolute Gasteiger partial charge is 0.267 e. The zero-order valence-electron chi connectivity index (χ0n) is 13.6. The summed E-state index contributed by atoms with van der Waals surface area (Å²) in [6.45, 7) is 3.21. The summed E-state index contributed by atoms with van der Waals surface area (Å²) < 4.78 is 14.8. The van der Waals surface area contributed by atoms with Gasteiger partial charge in [0, 0.05) is 26.2 Å². The summed E-state index contributed by atoms with van der Waals surface area (Å²) >= 11 is 0. The molecule has 2 aromatic rings. The van der Waals surface area contributed by atoms with E-state index in [0.717, 1.165) is 17.8 Å². The minimum absolute atomic E-state index is 0.151. The number of carbonyl (C=O) groups is 1. The molecule has 1 atom stereocenters. The monoisotopic (exact) mass is 330 g/mol. The van der Waals surface area contributed by atoms with Gasteiger partial charge < -0.3 is 9.74 Å². The van der Waals surface area contributed by atoms with Gasteiger partial charge in [0.05, 0.1) is 18.0 Å². The summed E-state index contributed by atoms with van der Waals surface area (Å²) in [5.41, 5.74) is 2.23. The van der Waals surface area contributed by atoms with Gasteiger partial charge in [-0.1, -0.05) is 17.3 Å². The van der Waals surface area contributed by atoms with Gasteiger partial charge in [0.25, 0.3) is 5.91 Å². The van der Waals surface area contributed by atoms with Gasteiger partial charge in [0.15, 0.2) is 0 Å². The van der Waals surface area contributed by atoms with Gasteiger partial charge in [-0.25, -0.2) is 4.39 Å². The molecule has 0 saturated carbocycles. The van der Waals surface area contributed by atoms with Crippen LogP contribution < -0.4 is 0 Å². The Morgan fingerprint density at radius 1 is 1.38 bits per heavy atom. The molecule has 1 aromatic carbocycles. The van der Waals surface area contributed by atoms with Crippen molar-refractivity contribution in [2.45, 2.75) is 32.5 Å². The van der Waals surface area contributed by atoms with Gasteiger partial charge in [-0.15, -0.1) is 0 Å². The van der Waals surface area contributed by atoms with Crippen LogP contribution in [0, 0.1) is 5.82 Å². The lowest BCUT2D eigenvalue weighted by Crippen LogP contribution is -2.36. The maximum Gasteiger partial charge on any atom is 0.267 e. The fourth-order valence-corrected chi connectivity index (χ4v) is 2.55. The summed E-state index contributed by atoms with van der Waals surface area (Å²) in [6.07, 6.45) is 1.61. The normalized spacial score (nSPS) is 16.6. The first-order valence-corrected chi connectivity index (χ1v) is 7.82. The van der Waals surface area contributed by atoms with E-state index in [1.54, 1.807) is 24.1 Å². The van der Waals surface area contributed by atoms with E-state index in [4.69, 9.17) is 4.84 Å². The van der Waals surface area contributed by atoms with Crippen LogP contribution in [-0.2, 0) is 22.7 Å². The predicted octanol–water partition coefficient (Wildman–Crippen LogP) is 2.19. The van der Waals surface area contributed by atoms with Crippen LogP contribution in [0.5, 0.6) is 0 Å². The molecule has 3 rings (SSSR count). The number of hydrogen-bond donors (Lipinski definition) is 0. The molecule has 2 heterocycles. The van der Waals surface area contributed by atoms with Crippen LogP contribution in [-0.4, -0.2) is 39.5 Å². The highest BCUT2D eigenvalue weighted by atomic mass is 19.1. The molecule has 1 aliphatic heterocycles. The molecule has 126 valence electrons. The number of aryl methyl sites for hydroxylation is 1. The van der Waals surface area contributed by atoms with Crippen LogP contribution in [0.4, 0.5) is 4.39 Å². The van der Waals surface area contributed by atoms with Crippen LogP contribution in [0.15, 0.2) is 41.7 Å². The molecule has 24 heavy (non-hydrogen) atoms. The zero-order chi connectivity index (χ0) is 17.1. The first kappa shape index (κ1) is 16.2. The molecule has 0 aliphatic carbocycles. The third kappa shape index (κ3) is 3.45.